The molecule has 5 heteroatoms. The third-order valence-electron chi connectivity index (χ3n) is 3.43. The van der Waals surface area contributed by atoms with Crippen molar-refractivity contribution in [2.75, 3.05) is 5.32 Å². The lowest BCUT2D eigenvalue weighted by Gasteiger charge is -2.11. The van der Waals surface area contributed by atoms with Crippen LogP contribution >= 0.6 is 27.3 Å². The van der Waals surface area contributed by atoms with Crippen LogP contribution in [-0.4, -0.2) is 9.97 Å². The zero-order valence-electron chi connectivity index (χ0n) is 12.0. The lowest BCUT2D eigenvalue weighted by Crippen LogP contribution is -1.99. The summed E-state index contributed by atoms with van der Waals surface area (Å²) in [7, 11) is 0. The quantitative estimate of drug-likeness (QED) is 0.482. The van der Waals surface area contributed by atoms with Crippen LogP contribution < -0.4 is 5.32 Å². The first-order valence-electron chi connectivity index (χ1n) is 7.13. The van der Waals surface area contributed by atoms with Gasteiger partial charge in [0.1, 0.15) is 5.69 Å². The van der Waals surface area contributed by atoms with Crippen LogP contribution in [0.5, 0.6) is 0 Å². The zero-order valence-corrected chi connectivity index (χ0v) is 14.4. The number of benzene rings is 2. The number of aromatic nitrogens is 2. The van der Waals surface area contributed by atoms with Gasteiger partial charge >= 0.3 is 0 Å². The van der Waals surface area contributed by atoms with Gasteiger partial charge in [0.15, 0.2) is 5.82 Å². The SMILES string of the molecule is Brc1ccc(Nc2nc3ccccc3nc2-c2cccs2)cc1. The van der Waals surface area contributed by atoms with Gasteiger partial charge in [-0.1, -0.05) is 34.1 Å². The number of thiophene rings is 1. The largest absolute Gasteiger partial charge is 0.338 e. The fourth-order valence-corrected chi connectivity index (χ4v) is 3.32. The maximum absolute atomic E-state index is 4.81. The topological polar surface area (TPSA) is 37.8 Å². The molecule has 0 radical (unpaired) electrons. The second-order valence-corrected chi connectivity index (χ2v) is 6.88. The maximum atomic E-state index is 4.81. The number of rotatable bonds is 3. The summed E-state index contributed by atoms with van der Waals surface area (Å²) in [5.74, 6) is 0.772. The van der Waals surface area contributed by atoms with Gasteiger partial charge in [-0.25, -0.2) is 9.97 Å². The third-order valence-corrected chi connectivity index (χ3v) is 4.84. The van der Waals surface area contributed by atoms with E-state index in [1.165, 1.54) is 0 Å². The predicted molar refractivity (Wildman–Crippen MR) is 100 cm³/mol. The van der Waals surface area contributed by atoms with E-state index in [0.717, 1.165) is 37.6 Å². The summed E-state index contributed by atoms with van der Waals surface area (Å²) >= 11 is 5.12. The minimum absolute atomic E-state index is 0.772. The van der Waals surface area contributed by atoms with E-state index >= 15 is 0 Å². The summed E-state index contributed by atoms with van der Waals surface area (Å²) in [4.78, 5) is 10.7. The molecule has 0 fully saturated rings. The highest BCUT2D eigenvalue weighted by Gasteiger charge is 2.12. The number of halogens is 1. The van der Waals surface area contributed by atoms with Crippen molar-refractivity contribution in [1.29, 1.82) is 0 Å². The normalized spacial score (nSPS) is 10.8. The van der Waals surface area contributed by atoms with E-state index in [9.17, 15) is 0 Å². The number of anilines is 2. The molecule has 0 bridgehead atoms. The predicted octanol–water partition coefficient (Wildman–Crippen LogP) is 5.86. The van der Waals surface area contributed by atoms with Crippen LogP contribution in [-0.2, 0) is 0 Å². The van der Waals surface area contributed by atoms with Gasteiger partial charge in [-0.05, 0) is 47.8 Å². The van der Waals surface area contributed by atoms with Crippen molar-refractivity contribution in [2.24, 2.45) is 0 Å². The first-order chi connectivity index (χ1) is 11.3. The van der Waals surface area contributed by atoms with Gasteiger partial charge in [-0.15, -0.1) is 11.3 Å². The Hall–Kier alpha value is -2.24. The van der Waals surface area contributed by atoms with Gasteiger partial charge < -0.3 is 5.32 Å². The summed E-state index contributed by atoms with van der Waals surface area (Å²) in [6.07, 6.45) is 0. The molecule has 2 heterocycles. The van der Waals surface area contributed by atoms with Crippen LogP contribution in [0.25, 0.3) is 21.6 Å². The Morgan fingerprint density at radius 3 is 2.26 bits per heavy atom. The first kappa shape index (κ1) is 14.4. The average Bonchev–Trinajstić information content (AvgIpc) is 3.11. The minimum Gasteiger partial charge on any atom is -0.338 e. The molecule has 0 saturated heterocycles. The molecule has 0 saturated carbocycles. The molecule has 4 rings (SSSR count). The van der Waals surface area contributed by atoms with Crippen LogP contribution in [0.2, 0.25) is 0 Å². The summed E-state index contributed by atoms with van der Waals surface area (Å²) in [5, 5.41) is 5.44. The van der Waals surface area contributed by atoms with E-state index in [1.807, 2.05) is 54.6 Å². The average molecular weight is 382 g/mol. The number of fused-ring (bicyclic) bond motifs is 1. The molecule has 23 heavy (non-hydrogen) atoms. The molecule has 0 unspecified atom stereocenters. The van der Waals surface area contributed by atoms with Crippen molar-refractivity contribution in [3.63, 3.8) is 0 Å². The van der Waals surface area contributed by atoms with E-state index in [0.29, 0.717) is 0 Å². The van der Waals surface area contributed by atoms with Crippen LogP contribution in [0, 0.1) is 0 Å². The Bertz CT molecular complexity index is 950. The van der Waals surface area contributed by atoms with Gasteiger partial charge in [0.05, 0.1) is 15.9 Å². The van der Waals surface area contributed by atoms with Gasteiger partial charge in [-0.2, -0.15) is 0 Å². The molecule has 0 spiro atoms. The Kier molecular flexibility index (Phi) is 3.81. The molecular formula is C18H12BrN3S. The molecule has 2 aromatic carbocycles. The van der Waals surface area contributed by atoms with Crippen molar-refractivity contribution in [1.82, 2.24) is 9.97 Å². The van der Waals surface area contributed by atoms with Crippen LogP contribution in [0.3, 0.4) is 0 Å². The van der Waals surface area contributed by atoms with E-state index in [1.54, 1.807) is 11.3 Å². The number of para-hydroxylation sites is 2. The minimum atomic E-state index is 0.772. The molecule has 0 aliphatic heterocycles. The van der Waals surface area contributed by atoms with Crippen molar-refractivity contribution < 1.29 is 0 Å². The van der Waals surface area contributed by atoms with Crippen molar-refractivity contribution in [2.45, 2.75) is 0 Å². The highest BCUT2D eigenvalue weighted by atomic mass is 79.9. The lowest BCUT2D eigenvalue weighted by atomic mass is 10.2. The van der Waals surface area contributed by atoms with E-state index < -0.39 is 0 Å². The Balaban J connectivity index is 1.85. The molecule has 3 nitrogen and oxygen atoms in total. The Morgan fingerprint density at radius 1 is 0.826 bits per heavy atom. The van der Waals surface area contributed by atoms with Crippen molar-refractivity contribution >= 4 is 49.8 Å². The second kappa shape index (κ2) is 6.10. The molecule has 0 atom stereocenters. The number of hydrogen-bond acceptors (Lipinski definition) is 4. The Morgan fingerprint density at radius 2 is 1.57 bits per heavy atom. The summed E-state index contributed by atoms with van der Waals surface area (Å²) in [6, 6.07) is 20.1. The molecule has 1 N–H and O–H groups in total. The zero-order chi connectivity index (χ0) is 15.6. The van der Waals surface area contributed by atoms with E-state index in [-0.39, 0.29) is 0 Å². The molecule has 0 aliphatic carbocycles. The standard InChI is InChI=1S/C18H12BrN3S/c19-12-7-9-13(10-8-12)20-18-17(16-6-3-11-23-16)21-14-4-1-2-5-15(14)22-18/h1-11H,(H,20,22). The van der Waals surface area contributed by atoms with E-state index in [2.05, 4.69) is 32.7 Å². The Labute approximate surface area is 146 Å². The molecule has 2 aromatic heterocycles. The molecule has 0 amide bonds. The van der Waals surface area contributed by atoms with Crippen LogP contribution in [0.15, 0.2) is 70.5 Å². The fourth-order valence-electron chi connectivity index (χ4n) is 2.34. The van der Waals surface area contributed by atoms with Crippen LogP contribution in [0.1, 0.15) is 0 Å². The first-order valence-corrected chi connectivity index (χ1v) is 8.80. The van der Waals surface area contributed by atoms with Gasteiger partial charge in [0.25, 0.3) is 0 Å². The van der Waals surface area contributed by atoms with Crippen LogP contribution in [0.4, 0.5) is 11.5 Å². The highest BCUT2D eigenvalue weighted by molar-refractivity contribution is 9.10. The summed E-state index contributed by atoms with van der Waals surface area (Å²) in [6.45, 7) is 0. The fraction of sp³-hybridized carbons (Fsp3) is 0. The number of nitrogens with one attached hydrogen (secondary N) is 1. The second-order valence-electron chi connectivity index (χ2n) is 5.02. The number of nitrogens with zero attached hydrogens (tertiary/aromatic N) is 2. The van der Waals surface area contributed by atoms with Crippen molar-refractivity contribution in [3.8, 4) is 10.6 Å². The molecule has 0 aliphatic rings. The van der Waals surface area contributed by atoms with E-state index in [4.69, 9.17) is 9.97 Å². The molecule has 112 valence electrons. The van der Waals surface area contributed by atoms with Gasteiger partial charge in [0, 0.05) is 10.2 Å². The lowest BCUT2D eigenvalue weighted by molar-refractivity contribution is 1.29. The molecule has 4 aromatic rings. The monoisotopic (exact) mass is 381 g/mol. The maximum Gasteiger partial charge on any atom is 0.158 e. The summed E-state index contributed by atoms with van der Waals surface area (Å²) in [5.41, 5.74) is 3.64. The van der Waals surface area contributed by atoms with Crippen molar-refractivity contribution in [3.05, 3.63) is 70.5 Å². The number of hydrogen-bond donors (Lipinski definition) is 1. The summed E-state index contributed by atoms with van der Waals surface area (Å²) < 4.78 is 1.05. The highest BCUT2D eigenvalue weighted by Crippen LogP contribution is 2.32. The van der Waals surface area contributed by atoms with Gasteiger partial charge in [-0.3, -0.25) is 0 Å². The third kappa shape index (κ3) is 2.98. The van der Waals surface area contributed by atoms with Gasteiger partial charge in [0.2, 0.25) is 0 Å². The smallest absolute Gasteiger partial charge is 0.158 e. The molecular weight excluding hydrogens is 370 g/mol.